The first-order valence-corrected chi connectivity index (χ1v) is 10.3. The highest BCUT2D eigenvalue weighted by atomic mass is 32.2. The van der Waals surface area contributed by atoms with E-state index in [1.54, 1.807) is 37.3 Å². The fourth-order valence-corrected chi connectivity index (χ4v) is 4.03. The molecule has 0 atom stereocenters. The predicted molar refractivity (Wildman–Crippen MR) is 111 cm³/mol. The Kier molecular flexibility index (Phi) is 5.95. The molecule has 1 aromatic carbocycles. The fraction of sp³-hybridized carbons (Fsp3) is 0.111. The van der Waals surface area contributed by atoms with Crippen LogP contribution in [-0.2, 0) is 7.05 Å². The molecule has 0 unspecified atom stereocenters. The van der Waals surface area contributed by atoms with E-state index in [1.807, 2.05) is 24.3 Å². The zero-order valence-corrected chi connectivity index (χ0v) is 17.6. The van der Waals surface area contributed by atoms with Crippen LogP contribution in [0.1, 0.15) is 10.5 Å². The highest BCUT2D eigenvalue weighted by molar-refractivity contribution is 7.99. The van der Waals surface area contributed by atoms with Gasteiger partial charge in [-0.2, -0.15) is 10.2 Å². The topological polar surface area (TPSA) is 124 Å². The van der Waals surface area contributed by atoms with Gasteiger partial charge in [0.2, 0.25) is 0 Å². The second-order valence-corrected chi connectivity index (χ2v) is 7.88. The number of para-hydroxylation sites is 1. The van der Waals surface area contributed by atoms with Gasteiger partial charge < -0.3 is 10.1 Å². The van der Waals surface area contributed by atoms with E-state index in [2.05, 4.69) is 35.6 Å². The first-order chi connectivity index (χ1) is 14.6. The molecule has 0 aliphatic heterocycles. The van der Waals surface area contributed by atoms with E-state index in [-0.39, 0.29) is 5.69 Å². The van der Waals surface area contributed by atoms with Gasteiger partial charge in [-0.05, 0) is 23.9 Å². The van der Waals surface area contributed by atoms with Crippen LogP contribution in [0.4, 0.5) is 5.82 Å². The van der Waals surface area contributed by atoms with E-state index in [9.17, 15) is 4.79 Å². The molecular formula is C18H16N8O2S2. The molecule has 3 aromatic heterocycles. The number of methoxy groups -OCH3 is 1. The quantitative estimate of drug-likeness (QED) is 0.446. The Balaban J connectivity index is 1.67. The van der Waals surface area contributed by atoms with Crippen LogP contribution in [0.3, 0.4) is 0 Å². The van der Waals surface area contributed by atoms with E-state index in [1.165, 1.54) is 29.9 Å². The molecule has 1 amide bonds. The molecule has 3 heterocycles. The normalized spacial score (nSPS) is 10.7. The van der Waals surface area contributed by atoms with Gasteiger partial charge in [0.25, 0.3) is 5.91 Å². The maximum absolute atomic E-state index is 13.0. The number of amides is 1. The molecule has 12 heteroatoms. The van der Waals surface area contributed by atoms with Gasteiger partial charge in [-0.25, -0.2) is 15.0 Å². The number of nitrogens with zero attached hydrogens (tertiary/aromatic N) is 6. The Morgan fingerprint density at radius 2 is 2.07 bits per heavy atom. The Morgan fingerprint density at radius 1 is 1.20 bits per heavy atom. The summed E-state index contributed by atoms with van der Waals surface area (Å²) in [7, 11) is 3.37. The number of aromatic nitrogens is 7. The molecule has 0 radical (unpaired) electrons. The second kappa shape index (κ2) is 8.97. The number of carbonyl (C=O) groups is 1. The summed E-state index contributed by atoms with van der Waals surface area (Å²) >= 11 is 2.52. The molecule has 152 valence electrons. The summed E-state index contributed by atoms with van der Waals surface area (Å²) in [6, 6.07) is 9.20. The highest BCUT2D eigenvalue weighted by Gasteiger charge is 2.20. The summed E-state index contributed by atoms with van der Waals surface area (Å²) in [6.07, 6.45) is 4.72. The van der Waals surface area contributed by atoms with E-state index in [4.69, 9.17) is 4.74 Å². The molecule has 4 rings (SSSR count). The van der Waals surface area contributed by atoms with Crippen molar-refractivity contribution >= 4 is 35.2 Å². The number of aromatic amines is 1. The molecule has 30 heavy (non-hydrogen) atoms. The van der Waals surface area contributed by atoms with Gasteiger partial charge in [0.15, 0.2) is 16.7 Å². The SMILES string of the molecule is COc1ccccc1Sc1ncc(Sc2ncn[nH]2)nc1C(=O)Nc1ccn(C)n1. The molecule has 0 spiro atoms. The lowest BCUT2D eigenvalue weighted by molar-refractivity contribution is 0.101. The minimum Gasteiger partial charge on any atom is -0.496 e. The Morgan fingerprint density at radius 3 is 2.80 bits per heavy atom. The zero-order valence-electron chi connectivity index (χ0n) is 15.9. The van der Waals surface area contributed by atoms with Crippen LogP contribution >= 0.6 is 23.5 Å². The van der Waals surface area contributed by atoms with Gasteiger partial charge in [0, 0.05) is 19.3 Å². The number of rotatable bonds is 7. The minimum atomic E-state index is -0.418. The average Bonchev–Trinajstić information content (AvgIpc) is 3.41. The molecule has 10 nitrogen and oxygen atoms in total. The van der Waals surface area contributed by atoms with Crippen molar-refractivity contribution in [2.24, 2.45) is 7.05 Å². The maximum atomic E-state index is 13.0. The van der Waals surface area contributed by atoms with Crippen molar-refractivity contribution in [2.45, 2.75) is 20.1 Å². The van der Waals surface area contributed by atoms with Crippen LogP contribution < -0.4 is 10.1 Å². The largest absolute Gasteiger partial charge is 0.496 e. The number of carbonyl (C=O) groups excluding carboxylic acids is 1. The third kappa shape index (κ3) is 4.60. The van der Waals surface area contributed by atoms with Crippen molar-refractivity contribution in [1.82, 2.24) is 34.9 Å². The number of nitrogens with one attached hydrogen (secondary N) is 2. The zero-order chi connectivity index (χ0) is 20.9. The van der Waals surface area contributed by atoms with Crippen LogP contribution in [0.5, 0.6) is 5.75 Å². The number of anilines is 1. The summed E-state index contributed by atoms with van der Waals surface area (Å²) in [4.78, 5) is 26.9. The number of aryl methyl sites for hydroxylation is 1. The molecule has 0 aliphatic carbocycles. The lowest BCUT2D eigenvalue weighted by atomic mass is 10.3. The lowest BCUT2D eigenvalue weighted by Gasteiger charge is -2.11. The van der Waals surface area contributed by atoms with Crippen molar-refractivity contribution in [3.05, 3.63) is 54.7 Å². The van der Waals surface area contributed by atoms with Crippen molar-refractivity contribution < 1.29 is 9.53 Å². The fourth-order valence-electron chi connectivity index (χ4n) is 2.44. The average molecular weight is 441 g/mol. The van der Waals surface area contributed by atoms with Gasteiger partial charge in [-0.15, -0.1) is 0 Å². The standard InChI is InChI=1S/C18H16N8O2S2/c1-26-8-7-13(25-26)22-16(27)15-17(29-12-6-4-3-5-11(12)28-2)19-9-14(23-15)30-18-20-10-21-24-18/h3-10H,1-2H3,(H,20,21,24)(H,22,25,27). The molecule has 0 aliphatic rings. The monoisotopic (exact) mass is 440 g/mol. The van der Waals surface area contributed by atoms with Gasteiger partial charge in [0.1, 0.15) is 22.1 Å². The lowest BCUT2D eigenvalue weighted by Crippen LogP contribution is -2.16. The first kappa shape index (κ1) is 19.9. The van der Waals surface area contributed by atoms with Crippen molar-refractivity contribution in [3.63, 3.8) is 0 Å². The van der Waals surface area contributed by atoms with E-state index < -0.39 is 5.91 Å². The van der Waals surface area contributed by atoms with Crippen molar-refractivity contribution in [3.8, 4) is 5.75 Å². The number of ether oxygens (including phenoxy) is 1. The predicted octanol–water partition coefficient (Wildman–Crippen LogP) is 2.89. The Bertz CT molecular complexity index is 1160. The summed E-state index contributed by atoms with van der Waals surface area (Å²) in [5, 5.41) is 15.0. The molecule has 2 N–H and O–H groups in total. The Hall–Kier alpha value is -3.38. The number of benzene rings is 1. The number of hydrogen-bond acceptors (Lipinski definition) is 9. The third-order valence-electron chi connectivity index (χ3n) is 3.76. The van der Waals surface area contributed by atoms with E-state index in [0.717, 1.165) is 4.90 Å². The van der Waals surface area contributed by atoms with Crippen LogP contribution in [0.25, 0.3) is 0 Å². The van der Waals surface area contributed by atoms with Crippen LogP contribution in [0.2, 0.25) is 0 Å². The van der Waals surface area contributed by atoms with E-state index in [0.29, 0.717) is 26.8 Å². The van der Waals surface area contributed by atoms with Crippen molar-refractivity contribution in [2.75, 3.05) is 12.4 Å². The summed E-state index contributed by atoms with van der Waals surface area (Å²) in [5.74, 6) is 0.685. The summed E-state index contributed by atoms with van der Waals surface area (Å²) in [6.45, 7) is 0. The molecular weight excluding hydrogens is 424 g/mol. The van der Waals surface area contributed by atoms with Crippen molar-refractivity contribution in [1.29, 1.82) is 0 Å². The number of H-pyrrole nitrogens is 1. The van der Waals surface area contributed by atoms with Crippen LogP contribution in [0.15, 0.2) is 69.2 Å². The summed E-state index contributed by atoms with van der Waals surface area (Å²) in [5.41, 5.74) is 0.168. The molecule has 4 aromatic rings. The molecule has 0 bridgehead atoms. The smallest absolute Gasteiger partial charge is 0.278 e. The van der Waals surface area contributed by atoms with Gasteiger partial charge >= 0.3 is 0 Å². The van der Waals surface area contributed by atoms with Gasteiger partial charge in [0.05, 0.1) is 18.2 Å². The highest BCUT2D eigenvalue weighted by Crippen LogP contribution is 2.36. The van der Waals surface area contributed by atoms with E-state index >= 15 is 0 Å². The molecule has 0 fully saturated rings. The maximum Gasteiger partial charge on any atom is 0.278 e. The molecule has 0 saturated heterocycles. The molecule has 0 saturated carbocycles. The first-order valence-electron chi connectivity index (χ1n) is 8.64. The van der Waals surface area contributed by atoms with Gasteiger partial charge in [-0.3, -0.25) is 14.6 Å². The summed E-state index contributed by atoms with van der Waals surface area (Å²) < 4.78 is 7.00. The van der Waals surface area contributed by atoms with Gasteiger partial charge in [-0.1, -0.05) is 23.9 Å². The Labute approximate surface area is 179 Å². The third-order valence-corrected chi connectivity index (χ3v) is 5.60. The van der Waals surface area contributed by atoms with Crippen LogP contribution in [-0.4, -0.2) is 47.9 Å². The second-order valence-electron chi connectivity index (χ2n) is 5.84. The van der Waals surface area contributed by atoms with Crippen LogP contribution in [0, 0.1) is 0 Å². The minimum absolute atomic E-state index is 0.168. The number of hydrogen-bond donors (Lipinski definition) is 2.